The molecule has 0 saturated heterocycles. The molecule has 0 aliphatic rings. The topological polar surface area (TPSA) is 63.2 Å². The number of sulfone groups is 1. The summed E-state index contributed by atoms with van der Waals surface area (Å²) >= 11 is 1.67. The first-order valence-electron chi connectivity index (χ1n) is 8.69. The van der Waals surface area contributed by atoms with Gasteiger partial charge in [-0.1, -0.05) is 35.5 Å². The van der Waals surface area contributed by atoms with E-state index in [-0.39, 0.29) is 10.8 Å². The van der Waals surface area contributed by atoms with E-state index in [2.05, 4.69) is 37.4 Å². The van der Waals surface area contributed by atoms with Gasteiger partial charge in [-0.2, -0.15) is 0 Å². The Morgan fingerprint density at radius 1 is 0.929 bits per heavy atom. The van der Waals surface area contributed by atoms with Gasteiger partial charge in [0, 0.05) is 27.3 Å². The highest BCUT2D eigenvalue weighted by Crippen LogP contribution is 2.31. The van der Waals surface area contributed by atoms with E-state index < -0.39 is 9.84 Å². The van der Waals surface area contributed by atoms with Gasteiger partial charge in [0.15, 0.2) is 9.84 Å². The highest BCUT2D eigenvalue weighted by Gasteiger charge is 2.12. The lowest BCUT2D eigenvalue weighted by molar-refractivity contribution is 0.102. The van der Waals surface area contributed by atoms with Crippen molar-refractivity contribution >= 4 is 33.2 Å². The molecule has 4 nitrogen and oxygen atoms in total. The minimum absolute atomic E-state index is 0.125. The number of rotatable bonds is 5. The van der Waals surface area contributed by atoms with E-state index in [9.17, 15) is 13.2 Å². The molecule has 1 N–H and O–H groups in total. The first-order valence-corrected chi connectivity index (χ1v) is 11.4. The number of carbonyl (C=O) groups is 1. The molecule has 3 aromatic carbocycles. The predicted octanol–water partition coefficient (Wildman–Crippen LogP) is 5.11. The van der Waals surface area contributed by atoms with Crippen LogP contribution in [0.3, 0.4) is 0 Å². The minimum Gasteiger partial charge on any atom is -0.322 e. The van der Waals surface area contributed by atoms with Crippen molar-refractivity contribution in [3.63, 3.8) is 0 Å². The highest BCUT2D eigenvalue weighted by molar-refractivity contribution is 7.99. The van der Waals surface area contributed by atoms with Gasteiger partial charge >= 0.3 is 0 Å². The number of hydrogen-bond donors (Lipinski definition) is 1. The molecule has 0 saturated carbocycles. The van der Waals surface area contributed by atoms with Crippen LogP contribution < -0.4 is 5.32 Å². The second kappa shape index (κ2) is 8.20. The van der Waals surface area contributed by atoms with Crippen molar-refractivity contribution in [2.75, 3.05) is 11.6 Å². The third kappa shape index (κ3) is 5.03. The highest BCUT2D eigenvalue weighted by atomic mass is 32.2. The fourth-order valence-electron chi connectivity index (χ4n) is 2.72. The molecule has 0 bridgehead atoms. The average molecular weight is 412 g/mol. The van der Waals surface area contributed by atoms with Gasteiger partial charge in [-0.3, -0.25) is 4.79 Å². The molecular weight excluding hydrogens is 390 g/mol. The molecule has 0 atom stereocenters. The van der Waals surface area contributed by atoms with Crippen molar-refractivity contribution in [3.8, 4) is 0 Å². The maximum atomic E-state index is 12.4. The number of amides is 1. The van der Waals surface area contributed by atoms with Crippen molar-refractivity contribution < 1.29 is 13.2 Å². The summed E-state index contributed by atoms with van der Waals surface area (Å²) in [5.74, 6) is -0.347. The average Bonchev–Trinajstić information content (AvgIpc) is 2.65. The Morgan fingerprint density at radius 3 is 2.29 bits per heavy atom. The fraction of sp³-hybridized carbons (Fsp3) is 0.136. The molecule has 6 heteroatoms. The third-order valence-corrected chi connectivity index (χ3v) is 6.49. The molecule has 28 heavy (non-hydrogen) atoms. The Morgan fingerprint density at radius 2 is 1.64 bits per heavy atom. The Hall–Kier alpha value is -2.57. The van der Waals surface area contributed by atoms with Crippen molar-refractivity contribution in [2.24, 2.45) is 0 Å². The zero-order valence-electron chi connectivity index (χ0n) is 15.9. The summed E-state index contributed by atoms with van der Waals surface area (Å²) in [6.45, 7) is 4.17. The Labute approximate surface area is 169 Å². The first-order chi connectivity index (χ1) is 13.2. The molecule has 1 amide bonds. The van der Waals surface area contributed by atoms with Crippen LogP contribution in [0.15, 0.2) is 81.4 Å². The Bertz CT molecular complexity index is 1120. The summed E-state index contributed by atoms with van der Waals surface area (Å²) in [5, 5.41) is 2.80. The Kier molecular flexibility index (Phi) is 5.91. The minimum atomic E-state index is -3.36. The predicted molar refractivity (Wildman–Crippen MR) is 114 cm³/mol. The maximum absolute atomic E-state index is 12.4. The van der Waals surface area contributed by atoms with E-state index in [0.29, 0.717) is 11.3 Å². The number of aryl methyl sites for hydroxylation is 2. The number of nitrogens with one attached hydrogen (secondary N) is 1. The second-order valence-corrected chi connectivity index (χ2v) is 9.78. The van der Waals surface area contributed by atoms with E-state index in [1.165, 1.54) is 28.2 Å². The van der Waals surface area contributed by atoms with Crippen molar-refractivity contribution in [2.45, 2.75) is 28.5 Å². The fourth-order valence-corrected chi connectivity index (χ4v) is 4.27. The van der Waals surface area contributed by atoms with Gasteiger partial charge in [-0.15, -0.1) is 0 Å². The third-order valence-electron chi connectivity index (χ3n) is 4.19. The van der Waals surface area contributed by atoms with E-state index in [1.54, 1.807) is 23.9 Å². The van der Waals surface area contributed by atoms with Gasteiger partial charge in [-0.25, -0.2) is 8.42 Å². The monoisotopic (exact) mass is 411 g/mol. The van der Waals surface area contributed by atoms with Crippen molar-refractivity contribution in [3.05, 3.63) is 83.4 Å². The zero-order chi connectivity index (χ0) is 20.3. The van der Waals surface area contributed by atoms with E-state index in [4.69, 9.17) is 0 Å². The molecule has 0 radical (unpaired) electrons. The summed E-state index contributed by atoms with van der Waals surface area (Å²) in [6, 6.07) is 20.0. The van der Waals surface area contributed by atoms with E-state index in [1.807, 2.05) is 24.3 Å². The molecule has 0 spiro atoms. The Balaban J connectivity index is 1.71. The zero-order valence-corrected chi connectivity index (χ0v) is 17.5. The summed E-state index contributed by atoms with van der Waals surface area (Å²) < 4.78 is 23.3. The molecule has 0 aliphatic heterocycles. The number of benzene rings is 3. The smallest absolute Gasteiger partial charge is 0.255 e. The first kappa shape index (κ1) is 20.2. The summed E-state index contributed by atoms with van der Waals surface area (Å²) in [6.07, 6.45) is 1.12. The SMILES string of the molecule is Cc1ccc(Sc2ccc(NC(=O)c3cccc(S(C)(=O)=O)c3)cc2)c(C)c1. The maximum Gasteiger partial charge on any atom is 0.255 e. The van der Waals surface area contributed by atoms with Crippen LogP contribution in [0.2, 0.25) is 0 Å². The van der Waals surface area contributed by atoms with Crippen molar-refractivity contribution in [1.29, 1.82) is 0 Å². The van der Waals surface area contributed by atoms with Gasteiger partial charge in [0.05, 0.1) is 4.90 Å². The van der Waals surface area contributed by atoms with Gasteiger partial charge in [-0.05, 0) is 67.9 Å². The molecular formula is C22H21NO3S2. The quantitative estimate of drug-likeness (QED) is 0.634. The molecule has 0 fully saturated rings. The van der Waals surface area contributed by atoms with E-state index in [0.717, 1.165) is 11.2 Å². The summed E-state index contributed by atoms with van der Waals surface area (Å²) in [7, 11) is -3.36. The normalized spacial score (nSPS) is 11.2. The van der Waals surface area contributed by atoms with Crippen LogP contribution in [0, 0.1) is 13.8 Å². The summed E-state index contributed by atoms with van der Waals surface area (Å²) in [4.78, 5) is 14.8. The molecule has 0 aromatic heterocycles. The van der Waals surface area contributed by atoms with Gasteiger partial charge in [0.25, 0.3) is 5.91 Å². The second-order valence-electron chi connectivity index (χ2n) is 6.65. The van der Waals surface area contributed by atoms with Crippen LogP contribution in [-0.2, 0) is 9.84 Å². The number of carbonyl (C=O) groups excluding carboxylic acids is 1. The van der Waals surface area contributed by atoms with Crippen LogP contribution in [0.1, 0.15) is 21.5 Å². The van der Waals surface area contributed by atoms with Gasteiger partial charge < -0.3 is 5.32 Å². The number of anilines is 1. The lowest BCUT2D eigenvalue weighted by Gasteiger charge is -2.09. The summed E-state index contributed by atoms with van der Waals surface area (Å²) in [5.41, 5.74) is 3.42. The molecule has 0 aliphatic carbocycles. The van der Waals surface area contributed by atoms with Crippen LogP contribution in [-0.4, -0.2) is 20.6 Å². The lowest BCUT2D eigenvalue weighted by Crippen LogP contribution is -2.12. The van der Waals surface area contributed by atoms with E-state index >= 15 is 0 Å². The lowest BCUT2D eigenvalue weighted by atomic mass is 10.2. The van der Waals surface area contributed by atoms with Crippen molar-refractivity contribution in [1.82, 2.24) is 0 Å². The molecule has 0 unspecified atom stereocenters. The standard InChI is InChI=1S/C22H21NO3S2/c1-15-7-12-21(16(2)13-15)27-19-10-8-18(9-11-19)23-22(24)17-5-4-6-20(14-17)28(3,25)26/h4-14H,1-3H3,(H,23,24). The van der Waals surface area contributed by atoms with Crippen LogP contribution in [0.25, 0.3) is 0 Å². The molecule has 3 rings (SSSR count). The molecule has 3 aromatic rings. The van der Waals surface area contributed by atoms with Crippen LogP contribution >= 0.6 is 11.8 Å². The number of hydrogen-bond acceptors (Lipinski definition) is 4. The molecule has 144 valence electrons. The van der Waals surface area contributed by atoms with Crippen LogP contribution in [0.4, 0.5) is 5.69 Å². The van der Waals surface area contributed by atoms with Crippen LogP contribution in [0.5, 0.6) is 0 Å². The molecule has 0 heterocycles. The largest absolute Gasteiger partial charge is 0.322 e. The van der Waals surface area contributed by atoms with Gasteiger partial charge in [0.1, 0.15) is 0 Å². The van der Waals surface area contributed by atoms with Gasteiger partial charge in [0.2, 0.25) is 0 Å².